The highest BCUT2D eigenvalue weighted by atomic mass is 32.1. The number of aromatic nitrogens is 2. The summed E-state index contributed by atoms with van der Waals surface area (Å²) in [5.74, 6) is -1.41. The maximum Gasteiger partial charge on any atom is 0.352 e. The van der Waals surface area contributed by atoms with Crippen molar-refractivity contribution in [2.75, 3.05) is 0 Å². The van der Waals surface area contributed by atoms with E-state index < -0.39 is 17.3 Å². The normalized spacial score (nSPS) is 10.7. The van der Waals surface area contributed by atoms with Crippen LogP contribution in [0.15, 0.2) is 11.6 Å². The number of hydrogen-bond donors (Lipinski definition) is 1. The average Bonchev–Trinajstić information content (AvgIpc) is 2.60. The summed E-state index contributed by atoms with van der Waals surface area (Å²) in [6.07, 6.45) is 1.06. The van der Waals surface area contributed by atoms with Gasteiger partial charge in [0.05, 0.1) is 6.42 Å². The Balaban J connectivity index is 2.61. The van der Waals surface area contributed by atoms with E-state index in [4.69, 9.17) is 5.11 Å². The highest BCUT2D eigenvalue weighted by molar-refractivity contribution is 7.15. The first-order valence-corrected chi connectivity index (χ1v) is 4.78. The number of thiazole rings is 1. The zero-order valence-electron chi connectivity index (χ0n) is 7.28. The van der Waals surface area contributed by atoms with Crippen LogP contribution in [0.2, 0.25) is 0 Å². The lowest BCUT2D eigenvalue weighted by Crippen LogP contribution is -2.04. The van der Waals surface area contributed by atoms with Gasteiger partial charge in [-0.3, -0.25) is 4.79 Å². The SMILES string of the molecule is O=C(O)Cc1nc2sccn2c1[N+](=O)[O-]. The molecule has 0 aromatic carbocycles. The highest BCUT2D eigenvalue weighted by Gasteiger charge is 2.24. The second-order valence-electron chi connectivity index (χ2n) is 2.77. The Morgan fingerprint density at radius 2 is 2.47 bits per heavy atom. The van der Waals surface area contributed by atoms with E-state index in [1.807, 2.05) is 0 Å². The Labute approximate surface area is 86.7 Å². The number of carbonyl (C=O) groups is 1. The van der Waals surface area contributed by atoms with E-state index in [9.17, 15) is 14.9 Å². The molecule has 0 aliphatic carbocycles. The minimum absolute atomic E-state index is 0.0145. The number of fused-ring (bicyclic) bond motifs is 1. The van der Waals surface area contributed by atoms with Crippen LogP contribution in [0.3, 0.4) is 0 Å². The third kappa shape index (κ3) is 1.54. The first-order valence-electron chi connectivity index (χ1n) is 3.90. The van der Waals surface area contributed by atoms with E-state index in [-0.39, 0.29) is 11.5 Å². The summed E-state index contributed by atoms with van der Waals surface area (Å²) in [5, 5.41) is 21.0. The topological polar surface area (TPSA) is 97.7 Å². The summed E-state index contributed by atoms with van der Waals surface area (Å²) < 4.78 is 1.28. The van der Waals surface area contributed by atoms with Crippen LogP contribution >= 0.6 is 11.3 Å². The van der Waals surface area contributed by atoms with Crippen molar-refractivity contribution in [2.24, 2.45) is 0 Å². The fourth-order valence-electron chi connectivity index (χ4n) is 1.27. The van der Waals surface area contributed by atoms with E-state index in [1.165, 1.54) is 21.9 Å². The fraction of sp³-hybridized carbons (Fsp3) is 0.143. The van der Waals surface area contributed by atoms with Crippen LogP contribution in [0, 0.1) is 10.1 Å². The third-order valence-electron chi connectivity index (χ3n) is 1.80. The lowest BCUT2D eigenvalue weighted by Gasteiger charge is -1.93. The molecule has 0 amide bonds. The molecule has 0 fully saturated rings. The van der Waals surface area contributed by atoms with Crippen molar-refractivity contribution >= 4 is 28.1 Å². The second kappa shape index (κ2) is 3.31. The van der Waals surface area contributed by atoms with Crippen molar-refractivity contribution in [1.82, 2.24) is 9.38 Å². The molecular formula is C7H5N3O4S. The van der Waals surface area contributed by atoms with Crippen molar-refractivity contribution < 1.29 is 14.8 Å². The van der Waals surface area contributed by atoms with Gasteiger partial charge in [-0.1, -0.05) is 11.3 Å². The van der Waals surface area contributed by atoms with Gasteiger partial charge in [0.15, 0.2) is 5.69 Å². The third-order valence-corrected chi connectivity index (χ3v) is 2.55. The fourth-order valence-corrected chi connectivity index (χ4v) is 2.00. The Hall–Kier alpha value is -1.96. The van der Waals surface area contributed by atoms with Crippen LogP contribution in [0.4, 0.5) is 5.82 Å². The molecule has 8 heteroatoms. The molecule has 0 bridgehead atoms. The maximum atomic E-state index is 10.7. The van der Waals surface area contributed by atoms with E-state index in [1.54, 1.807) is 5.38 Å². The van der Waals surface area contributed by atoms with Gasteiger partial charge in [0.1, 0.15) is 6.20 Å². The molecule has 7 nitrogen and oxygen atoms in total. The van der Waals surface area contributed by atoms with Gasteiger partial charge >= 0.3 is 11.8 Å². The summed E-state index contributed by atoms with van der Waals surface area (Å²) in [7, 11) is 0. The Kier molecular flexibility index (Phi) is 2.12. The molecule has 15 heavy (non-hydrogen) atoms. The van der Waals surface area contributed by atoms with Crippen molar-refractivity contribution in [1.29, 1.82) is 0 Å². The highest BCUT2D eigenvalue weighted by Crippen LogP contribution is 2.24. The van der Waals surface area contributed by atoms with E-state index in [0.717, 1.165) is 0 Å². The van der Waals surface area contributed by atoms with Crippen LogP contribution in [-0.2, 0) is 11.2 Å². The number of carboxylic acid groups (broad SMARTS) is 1. The number of imidazole rings is 1. The van der Waals surface area contributed by atoms with Crippen molar-refractivity contribution in [2.45, 2.75) is 6.42 Å². The predicted octanol–water partition coefficient (Wildman–Crippen LogP) is 0.931. The molecule has 0 spiro atoms. The van der Waals surface area contributed by atoms with Crippen molar-refractivity contribution in [3.8, 4) is 0 Å². The van der Waals surface area contributed by atoms with Crippen molar-refractivity contribution in [3.63, 3.8) is 0 Å². The molecule has 0 aliphatic rings. The van der Waals surface area contributed by atoms with E-state index in [0.29, 0.717) is 4.96 Å². The molecule has 2 aromatic heterocycles. The number of nitro groups is 1. The number of nitrogens with zero attached hydrogens (tertiary/aromatic N) is 3. The standard InChI is InChI=1S/C7H5N3O4S/c11-5(12)3-4-6(10(13)14)9-1-2-15-7(9)8-4/h1-2H,3H2,(H,11,12). The molecule has 0 saturated carbocycles. The number of rotatable bonds is 3. The molecule has 0 radical (unpaired) electrons. The van der Waals surface area contributed by atoms with Gasteiger partial charge in [-0.15, -0.1) is 0 Å². The number of aliphatic carboxylic acids is 1. The molecule has 2 aromatic rings. The smallest absolute Gasteiger partial charge is 0.352 e. The van der Waals surface area contributed by atoms with Gasteiger partial charge < -0.3 is 15.2 Å². The number of carboxylic acids is 1. The molecule has 0 aliphatic heterocycles. The molecule has 0 atom stereocenters. The zero-order valence-corrected chi connectivity index (χ0v) is 8.10. The van der Waals surface area contributed by atoms with Gasteiger partial charge in [-0.25, -0.2) is 0 Å². The molecule has 0 unspecified atom stereocenters. The Morgan fingerprint density at radius 3 is 3.07 bits per heavy atom. The summed E-state index contributed by atoms with van der Waals surface area (Å²) in [6.45, 7) is 0. The minimum Gasteiger partial charge on any atom is -0.481 e. The summed E-state index contributed by atoms with van der Waals surface area (Å²) in [5.41, 5.74) is -0.0145. The maximum absolute atomic E-state index is 10.7. The zero-order chi connectivity index (χ0) is 11.0. The molecular weight excluding hydrogens is 222 g/mol. The number of hydrogen-bond acceptors (Lipinski definition) is 5. The molecule has 0 saturated heterocycles. The molecule has 78 valence electrons. The van der Waals surface area contributed by atoms with Gasteiger partial charge in [-0.05, 0) is 4.92 Å². The summed E-state index contributed by atoms with van der Waals surface area (Å²) in [4.78, 5) is 24.9. The molecule has 1 N–H and O–H groups in total. The van der Waals surface area contributed by atoms with E-state index >= 15 is 0 Å². The monoisotopic (exact) mass is 227 g/mol. The first kappa shape index (κ1) is 9.59. The molecule has 2 heterocycles. The largest absolute Gasteiger partial charge is 0.481 e. The van der Waals surface area contributed by atoms with Crippen molar-refractivity contribution in [3.05, 3.63) is 27.4 Å². The molecule has 2 rings (SSSR count). The lowest BCUT2D eigenvalue weighted by atomic mass is 10.3. The quantitative estimate of drug-likeness (QED) is 0.621. The first-order chi connectivity index (χ1) is 7.09. The van der Waals surface area contributed by atoms with Crippen LogP contribution in [-0.4, -0.2) is 25.4 Å². The minimum atomic E-state index is -1.14. The average molecular weight is 227 g/mol. The van der Waals surface area contributed by atoms with Gasteiger partial charge in [0.25, 0.3) is 4.96 Å². The predicted molar refractivity (Wildman–Crippen MR) is 51.1 cm³/mol. The van der Waals surface area contributed by atoms with Gasteiger partial charge in [0, 0.05) is 5.38 Å². The summed E-state index contributed by atoms with van der Waals surface area (Å²) >= 11 is 1.22. The lowest BCUT2D eigenvalue weighted by molar-refractivity contribution is -0.391. The Morgan fingerprint density at radius 1 is 1.73 bits per heavy atom. The van der Waals surface area contributed by atoms with Gasteiger partial charge in [-0.2, -0.15) is 9.38 Å². The van der Waals surface area contributed by atoms with Crippen LogP contribution in [0.1, 0.15) is 5.69 Å². The van der Waals surface area contributed by atoms with Crippen LogP contribution in [0.5, 0.6) is 0 Å². The Bertz CT molecular complexity index is 543. The second-order valence-corrected chi connectivity index (χ2v) is 3.64. The van der Waals surface area contributed by atoms with E-state index in [2.05, 4.69) is 4.98 Å². The summed E-state index contributed by atoms with van der Waals surface area (Å²) in [6, 6.07) is 0. The van der Waals surface area contributed by atoms with Crippen LogP contribution in [0.25, 0.3) is 4.96 Å². The van der Waals surface area contributed by atoms with Crippen LogP contribution < -0.4 is 0 Å². The van der Waals surface area contributed by atoms with Gasteiger partial charge in [0.2, 0.25) is 0 Å².